The van der Waals surface area contributed by atoms with Crippen molar-refractivity contribution in [3.63, 3.8) is 0 Å². The number of halogens is 4. The lowest BCUT2D eigenvalue weighted by molar-refractivity contribution is -0.197. The van der Waals surface area contributed by atoms with E-state index in [0.717, 1.165) is 24.3 Å². The fourth-order valence-corrected chi connectivity index (χ4v) is 2.72. The fourth-order valence-electron chi connectivity index (χ4n) is 2.72. The Morgan fingerprint density at radius 3 is 2.28 bits per heavy atom. The van der Waals surface area contributed by atoms with E-state index < -0.39 is 35.1 Å². The van der Waals surface area contributed by atoms with Gasteiger partial charge in [-0.15, -0.1) is 0 Å². The summed E-state index contributed by atoms with van der Waals surface area (Å²) in [7, 11) is 1.59. The highest BCUT2D eigenvalue weighted by Gasteiger charge is 2.24. The maximum absolute atomic E-state index is 14.4. The highest BCUT2D eigenvalue weighted by atomic mass is 19.2. The van der Waals surface area contributed by atoms with Gasteiger partial charge in [-0.1, -0.05) is 24.0 Å². The number of ether oxygens (including phenoxy) is 3. The highest BCUT2D eigenvalue weighted by Crippen LogP contribution is 2.28. The molecule has 0 N–H and O–H groups in total. The number of benzene rings is 2. The van der Waals surface area contributed by atoms with Crippen molar-refractivity contribution in [3.8, 4) is 11.8 Å². The zero-order valence-electron chi connectivity index (χ0n) is 15.6. The SMILES string of the molecule is COCC=C[C@H]1CO[C@H](c2cc(F)c(C#Cc3ccc(F)c(F)c3)c(F)c2)OC1. The second-order valence-electron chi connectivity index (χ2n) is 6.38. The first-order valence-electron chi connectivity index (χ1n) is 8.82. The molecular formula is C22H18F4O3. The van der Waals surface area contributed by atoms with Crippen LogP contribution >= 0.6 is 0 Å². The second-order valence-corrected chi connectivity index (χ2v) is 6.38. The molecule has 0 unspecified atom stereocenters. The molecular weight excluding hydrogens is 388 g/mol. The predicted octanol–water partition coefficient (Wildman–Crippen LogP) is 4.51. The molecule has 1 aliphatic heterocycles. The molecule has 2 aromatic rings. The van der Waals surface area contributed by atoms with Crippen LogP contribution in [0.25, 0.3) is 0 Å². The molecule has 3 rings (SSSR count). The van der Waals surface area contributed by atoms with Crippen LogP contribution in [0.1, 0.15) is 23.0 Å². The fraction of sp³-hybridized carbons (Fsp3) is 0.273. The van der Waals surface area contributed by atoms with Crippen molar-refractivity contribution in [3.05, 3.63) is 82.4 Å². The lowest BCUT2D eigenvalue weighted by Crippen LogP contribution is -2.26. The summed E-state index contributed by atoms with van der Waals surface area (Å²) in [6, 6.07) is 5.14. The number of hydrogen-bond donors (Lipinski definition) is 0. The summed E-state index contributed by atoms with van der Waals surface area (Å²) in [6.45, 7) is 1.15. The van der Waals surface area contributed by atoms with Gasteiger partial charge in [0.2, 0.25) is 0 Å². The van der Waals surface area contributed by atoms with Crippen LogP contribution in [-0.4, -0.2) is 26.9 Å². The third kappa shape index (κ3) is 5.45. The molecule has 0 spiro atoms. The Hall–Kier alpha value is -2.66. The summed E-state index contributed by atoms with van der Waals surface area (Å²) >= 11 is 0. The monoisotopic (exact) mass is 406 g/mol. The average molecular weight is 406 g/mol. The number of rotatable bonds is 4. The third-order valence-corrected chi connectivity index (χ3v) is 4.18. The maximum Gasteiger partial charge on any atom is 0.184 e. The molecule has 0 amide bonds. The first kappa shape index (κ1) is 21.1. The van der Waals surface area contributed by atoms with Gasteiger partial charge in [0.25, 0.3) is 0 Å². The predicted molar refractivity (Wildman–Crippen MR) is 97.8 cm³/mol. The van der Waals surface area contributed by atoms with E-state index >= 15 is 0 Å². The van der Waals surface area contributed by atoms with Crippen LogP contribution in [0.2, 0.25) is 0 Å². The zero-order chi connectivity index (χ0) is 20.8. The molecule has 0 saturated carbocycles. The van der Waals surface area contributed by atoms with E-state index in [1.807, 2.05) is 12.2 Å². The van der Waals surface area contributed by atoms with E-state index in [2.05, 4.69) is 11.8 Å². The smallest absolute Gasteiger partial charge is 0.184 e. The van der Waals surface area contributed by atoms with Crippen LogP contribution in [-0.2, 0) is 14.2 Å². The van der Waals surface area contributed by atoms with Gasteiger partial charge < -0.3 is 14.2 Å². The Morgan fingerprint density at radius 1 is 0.966 bits per heavy atom. The van der Waals surface area contributed by atoms with Gasteiger partial charge in [0.15, 0.2) is 17.9 Å². The van der Waals surface area contributed by atoms with Crippen LogP contribution in [0.5, 0.6) is 0 Å². The summed E-state index contributed by atoms with van der Waals surface area (Å²) in [6.07, 6.45) is 2.86. The first-order chi connectivity index (χ1) is 14.0. The van der Waals surface area contributed by atoms with Crippen LogP contribution in [0.3, 0.4) is 0 Å². The van der Waals surface area contributed by atoms with Gasteiger partial charge in [-0.3, -0.25) is 0 Å². The molecule has 0 aliphatic carbocycles. The van der Waals surface area contributed by atoms with Crippen molar-refractivity contribution in [1.82, 2.24) is 0 Å². The van der Waals surface area contributed by atoms with Crippen LogP contribution < -0.4 is 0 Å². The Balaban J connectivity index is 1.72. The van der Waals surface area contributed by atoms with E-state index in [4.69, 9.17) is 14.2 Å². The average Bonchev–Trinajstić information content (AvgIpc) is 2.70. The molecule has 7 heteroatoms. The van der Waals surface area contributed by atoms with Crippen LogP contribution in [0.15, 0.2) is 42.5 Å². The Labute approximate surface area is 165 Å². The Morgan fingerprint density at radius 2 is 1.66 bits per heavy atom. The van der Waals surface area contributed by atoms with Gasteiger partial charge in [0.05, 0.1) is 25.4 Å². The summed E-state index contributed by atoms with van der Waals surface area (Å²) in [5.74, 6) is 0.854. The van der Waals surface area contributed by atoms with Gasteiger partial charge in [-0.2, -0.15) is 0 Å². The lowest BCUT2D eigenvalue weighted by Gasteiger charge is -2.28. The first-order valence-corrected chi connectivity index (χ1v) is 8.82. The number of hydrogen-bond acceptors (Lipinski definition) is 3. The summed E-state index contributed by atoms with van der Waals surface area (Å²) < 4.78 is 70.9. The normalized spacial score (nSPS) is 19.2. The van der Waals surface area contributed by atoms with E-state index in [1.165, 1.54) is 6.07 Å². The molecule has 1 heterocycles. The van der Waals surface area contributed by atoms with Crippen LogP contribution in [0.4, 0.5) is 17.6 Å². The summed E-state index contributed by atoms with van der Waals surface area (Å²) in [5.41, 5.74) is -0.189. The largest absolute Gasteiger partial charge is 0.381 e. The van der Waals surface area contributed by atoms with Gasteiger partial charge in [0, 0.05) is 24.2 Å². The number of methoxy groups -OCH3 is 1. The topological polar surface area (TPSA) is 27.7 Å². The standard InChI is InChI=1S/C22H18F4O3/c1-27-8-2-3-15-12-28-22(29-13-15)16-10-19(24)17(20(25)11-16)6-4-14-5-7-18(23)21(26)9-14/h2-3,5,7,9-11,15,22H,8,12-13H2,1H3/t15-,22-. The van der Waals surface area contributed by atoms with Crippen molar-refractivity contribution in [1.29, 1.82) is 0 Å². The van der Waals surface area contributed by atoms with E-state index in [1.54, 1.807) is 7.11 Å². The van der Waals surface area contributed by atoms with Gasteiger partial charge in [-0.05, 0) is 30.3 Å². The van der Waals surface area contributed by atoms with Crippen molar-refractivity contribution in [2.24, 2.45) is 5.92 Å². The Kier molecular flexibility index (Phi) is 7.04. The molecule has 0 bridgehead atoms. The molecule has 3 nitrogen and oxygen atoms in total. The third-order valence-electron chi connectivity index (χ3n) is 4.18. The molecule has 29 heavy (non-hydrogen) atoms. The molecule has 1 aliphatic rings. The minimum absolute atomic E-state index is 0.0253. The van der Waals surface area contributed by atoms with Crippen molar-refractivity contribution >= 4 is 0 Å². The van der Waals surface area contributed by atoms with E-state index in [-0.39, 0.29) is 17.0 Å². The van der Waals surface area contributed by atoms with Crippen LogP contribution in [0, 0.1) is 41.0 Å². The summed E-state index contributed by atoms with van der Waals surface area (Å²) in [5, 5.41) is 0. The molecule has 1 saturated heterocycles. The maximum atomic E-state index is 14.4. The molecule has 0 aromatic heterocycles. The zero-order valence-corrected chi connectivity index (χ0v) is 15.6. The minimum atomic E-state index is -1.09. The van der Waals surface area contributed by atoms with Crippen molar-refractivity contribution in [2.75, 3.05) is 26.9 Å². The van der Waals surface area contributed by atoms with E-state index in [9.17, 15) is 17.6 Å². The lowest BCUT2D eigenvalue weighted by atomic mass is 10.1. The molecule has 0 atom stereocenters. The van der Waals surface area contributed by atoms with E-state index in [0.29, 0.717) is 19.8 Å². The summed E-state index contributed by atoms with van der Waals surface area (Å²) in [4.78, 5) is 0. The second kappa shape index (κ2) is 9.70. The molecule has 1 fully saturated rings. The quantitative estimate of drug-likeness (QED) is 0.425. The Bertz CT molecular complexity index is 931. The molecule has 152 valence electrons. The van der Waals surface area contributed by atoms with Gasteiger partial charge in [-0.25, -0.2) is 17.6 Å². The highest BCUT2D eigenvalue weighted by molar-refractivity contribution is 5.45. The van der Waals surface area contributed by atoms with Gasteiger partial charge in [0.1, 0.15) is 11.6 Å². The van der Waals surface area contributed by atoms with Gasteiger partial charge >= 0.3 is 0 Å². The minimum Gasteiger partial charge on any atom is -0.381 e. The van der Waals surface area contributed by atoms with Crippen molar-refractivity contribution in [2.45, 2.75) is 6.29 Å². The molecule has 2 aromatic carbocycles. The van der Waals surface area contributed by atoms with Crippen molar-refractivity contribution < 1.29 is 31.8 Å². The molecule has 0 radical (unpaired) electrons.